The SMILES string of the molecule is CC(C)Nc1nc(NCCc2ccc(C=O)cc2)nc(NCc2ccc(C(=O)NCCOCCOCCN)cc2)n1. The zero-order chi connectivity index (χ0) is 29.3. The van der Waals surface area contributed by atoms with Gasteiger partial charge in [0, 0.05) is 43.3 Å². The van der Waals surface area contributed by atoms with Crippen LogP contribution in [0.15, 0.2) is 48.5 Å². The number of aromatic nitrogens is 3. The molecule has 0 aliphatic rings. The van der Waals surface area contributed by atoms with E-state index in [2.05, 4.69) is 36.2 Å². The number of carbonyl (C=O) groups excluding carboxylic acids is 2. The molecule has 2 aromatic carbocycles. The highest BCUT2D eigenvalue weighted by Gasteiger charge is 2.09. The van der Waals surface area contributed by atoms with Gasteiger partial charge in [-0.1, -0.05) is 36.4 Å². The van der Waals surface area contributed by atoms with E-state index in [1.54, 1.807) is 24.3 Å². The van der Waals surface area contributed by atoms with E-state index in [0.29, 0.717) is 81.6 Å². The molecule has 0 aliphatic carbocycles. The molecule has 0 saturated carbocycles. The maximum atomic E-state index is 12.4. The van der Waals surface area contributed by atoms with E-state index in [4.69, 9.17) is 15.2 Å². The normalized spacial score (nSPS) is 10.8. The van der Waals surface area contributed by atoms with Crippen molar-refractivity contribution in [3.05, 3.63) is 70.8 Å². The van der Waals surface area contributed by atoms with Gasteiger partial charge in [-0.25, -0.2) is 0 Å². The summed E-state index contributed by atoms with van der Waals surface area (Å²) in [4.78, 5) is 36.7. The third-order valence-electron chi connectivity index (χ3n) is 5.70. The number of rotatable bonds is 19. The Morgan fingerprint density at radius 2 is 1.46 bits per heavy atom. The molecule has 220 valence electrons. The van der Waals surface area contributed by atoms with Gasteiger partial charge in [0.1, 0.15) is 6.29 Å². The highest BCUT2D eigenvalue weighted by Crippen LogP contribution is 2.13. The van der Waals surface area contributed by atoms with Crippen LogP contribution < -0.4 is 27.0 Å². The van der Waals surface area contributed by atoms with Gasteiger partial charge in [0.25, 0.3) is 5.91 Å². The Balaban J connectivity index is 1.48. The second-order valence-corrected chi connectivity index (χ2v) is 9.46. The molecule has 0 bridgehead atoms. The molecule has 0 atom stereocenters. The number of nitrogens with zero attached hydrogens (tertiary/aromatic N) is 3. The topological polar surface area (TPSA) is 165 Å². The van der Waals surface area contributed by atoms with Crippen LogP contribution in [0.3, 0.4) is 0 Å². The Kier molecular flexibility index (Phi) is 13.4. The first-order valence-electron chi connectivity index (χ1n) is 13.7. The number of anilines is 3. The van der Waals surface area contributed by atoms with E-state index >= 15 is 0 Å². The van der Waals surface area contributed by atoms with Crippen molar-refractivity contribution in [1.82, 2.24) is 20.3 Å². The van der Waals surface area contributed by atoms with Crippen molar-refractivity contribution >= 4 is 30.0 Å². The van der Waals surface area contributed by atoms with Crippen molar-refractivity contribution in [3.63, 3.8) is 0 Å². The number of nitrogens with one attached hydrogen (secondary N) is 4. The van der Waals surface area contributed by atoms with Gasteiger partial charge in [0.2, 0.25) is 17.8 Å². The molecule has 0 radical (unpaired) electrons. The molecule has 12 nitrogen and oxygen atoms in total. The molecule has 0 fully saturated rings. The molecule has 6 N–H and O–H groups in total. The van der Waals surface area contributed by atoms with Crippen molar-refractivity contribution < 1.29 is 19.1 Å². The molecular formula is C29H40N8O4. The number of hydrogen-bond donors (Lipinski definition) is 5. The van der Waals surface area contributed by atoms with Gasteiger partial charge in [-0.2, -0.15) is 15.0 Å². The predicted molar refractivity (Wildman–Crippen MR) is 159 cm³/mol. The fourth-order valence-corrected chi connectivity index (χ4v) is 3.64. The second-order valence-electron chi connectivity index (χ2n) is 9.46. The lowest BCUT2D eigenvalue weighted by atomic mass is 10.1. The molecule has 41 heavy (non-hydrogen) atoms. The Morgan fingerprint density at radius 3 is 2.12 bits per heavy atom. The summed E-state index contributed by atoms with van der Waals surface area (Å²) in [6.45, 7) is 7.87. The number of nitrogens with two attached hydrogens (primary N) is 1. The molecule has 0 saturated heterocycles. The summed E-state index contributed by atoms with van der Waals surface area (Å²) in [6, 6.07) is 15.0. The molecule has 0 aliphatic heterocycles. The Morgan fingerprint density at radius 1 is 0.829 bits per heavy atom. The summed E-state index contributed by atoms with van der Waals surface area (Å²) in [6.07, 6.45) is 1.58. The van der Waals surface area contributed by atoms with Crippen LogP contribution in [-0.2, 0) is 22.4 Å². The zero-order valence-electron chi connectivity index (χ0n) is 23.7. The minimum absolute atomic E-state index is 0.148. The zero-order valence-corrected chi connectivity index (χ0v) is 23.7. The van der Waals surface area contributed by atoms with Gasteiger partial charge in [-0.05, 0) is 43.5 Å². The van der Waals surface area contributed by atoms with Crippen molar-refractivity contribution in [1.29, 1.82) is 0 Å². The molecule has 1 amide bonds. The van der Waals surface area contributed by atoms with E-state index < -0.39 is 0 Å². The summed E-state index contributed by atoms with van der Waals surface area (Å²) in [5.41, 5.74) is 8.65. The van der Waals surface area contributed by atoms with Crippen LogP contribution in [0.1, 0.15) is 45.7 Å². The van der Waals surface area contributed by atoms with E-state index in [1.807, 2.05) is 38.1 Å². The fraction of sp³-hybridized carbons (Fsp3) is 0.414. The standard InChI is InChI=1S/C29H40N8O4/c1-21(2)34-29-36-27(32-13-11-22-3-5-24(20-38)6-4-22)35-28(37-29)33-19-23-7-9-25(10-8-23)26(39)31-14-16-41-18-17-40-15-12-30/h3-10,20-21H,11-19,30H2,1-2H3,(H,31,39)(H3,32,33,34,35,36,37). The summed E-state index contributed by atoms with van der Waals surface area (Å²) in [7, 11) is 0. The quantitative estimate of drug-likeness (QED) is 0.107. The van der Waals surface area contributed by atoms with E-state index in [0.717, 1.165) is 23.8 Å². The first kappa shape index (κ1) is 31.4. The number of aldehydes is 1. The lowest BCUT2D eigenvalue weighted by molar-refractivity contribution is 0.0511. The minimum Gasteiger partial charge on any atom is -0.378 e. The Labute approximate surface area is 240 Å². The molecule has 0 spiro atoms. The average molecular weight is 565 g/mol. The van der Waals surface area contributed by atoms with Gasteiger partial charge >= 0.3 is 0 Å². The molecule has 3 rings (SSSR count). The number of amides is 1. The van der Waals surface area contributed by atoms with E-state index in [9.17, 15) is 9.59 Å². The van der Waals surface area contributed by atoms with Crippen molar-refractivity contribution in [2.45, 2.75) is 32.9 Å². The lowest BCUT2D eigenvalue weighted by Crippen LogP contribution is -2.27. The highest BCUT2D eigenvalue weighted by atomic mass is 16.5. The first-order valence-corrected chi connectivity index (χ1v) is 13.7. The number of ether oxygens (including phenoxy) is 2. The summed E-state index contributed by atoms with van der Waals surface area (Å²) in [5, 5.41) is 12.6. The minimum atomic E-state index is -0.162. The molecule has 1 aromatic heterocycles. The largest absolute Gasteiger partial charge is 0.378 e. The number of hydrogen-bond acceptors (Lipinski definition) is 11. The van der Waals surface area contributed by atoms with Crippen LogP contribution in [-0.4, -0.2) is 79.2 Å². The van der Waals surface area contributed by atoms with E-state index in [-0.39, 0.29) is 11.9 Å². The monoisotopic (exact) mass is 564 g/mol. The lowest BCUT2D eigenvalue weighted by Gasteiger charge is -2.13. The smallest absolute Gasteiger partial charge is 0.251 e. The maximum Gasteiger partial charge on any atom is 0.251 e. The maximum absolute atomic E-state index is 12.4. The molecule has 1 heterocycles. The Hall–Kier alpha value is -4.13. The first-order chi connectivity index (χ1) is 20.0. The van der Waals surface area contributed by atoms with Gasteiger partial charge in [-0.15, -0.1) is 0 Å². The van der Waals surface area contributed by atoms with Crippen molar-refractivity contribution in [3.8, 4) is 0 Å². The molecule has 0 unspecified atom stereocenters. The highest BCUT2D eigenvalue weighted by molar-refractivity contribution is 5.94. The third kappa shape index (κ3) is 11.9. The van der Waals surface area contributed by atoms with Gasteiger partial charge < -0.3 is 36.5 Å². The summed E-state index contributed by atoms with van der Waals surface area (Å²) in [5.74, 6) is 1.18. The van der Waals surface area contributed by atoms with Crippen molar-refractivity contribution in [2.24, 2.45) is 5.73 Å². The summed E-state index contributed by atoms with van der Waals surface area (Å²) < 4.78 is 10.7. The van der Waals surface area contributed by atoms with Crippen LogP contribution in [0, 0.1) is 0 Å². The predicted octanol–water partition coefficient (Wildman–Crippen LogP) is 2.49. The van der Waals surface area contributed by atoms with Gasteiger partial charge in [0.15, 0.2) is 0 Å². The van der Waals surface area contributed by atoms with Crippen LogP contribution in [0.5, 0.6) is 0 Å². The van der Waals surface area contributed by atoms with Crippen LogP contribution >= 0.6 is 0 Å². The second kappa shape index (κ2) is 17.5. The number of benzene rings is 2. The van der Waals surface area contributed by atoms with Crippen LogP contribution in [0.25, 0.3) is 0 Å². The summed E-state index contributed by atoms with van der Waals surface area (Å²) >= 11 is 0. The van der Waals surface area contributed by atoms with Crippen LogP contribution in [0.4, 0.5) is 17.8 Å². The molecule has 3 aromatic rings. The Bertz CT molecular complexity index is 1210. The van der Waals surface area contributed by atoms with Crippen LogP contribution in [0.2, 0.25) is 0 Å². The fourth-order valence-electron chi connectivity index (χ4n) is 3.64. The average Bonchev–Trinajstić information content (AvgIpc) is 2.97. The molecule has 12 heteroatoms. The molecular weight excluding hydrogens is 524 g/mol. The van der Waals surface area contributed by atoms with Crippen molar-refractivity contribution in [2.75, 3.05) is 62.0 Å². The van der Waals surface area contributed by atoms with Gasteiger partial charge in [0.05, 0.1) is 26.4 Å². The number of carbonyl (C=O) groups is 2. The third-order valence-corrected chi connectivity index (χ3v) is 5.70. The van der Waals surface area contributed by atoms with E-state index in [1.165, 1.54) is 0 Å². The van der Waals surface area contributed by atoms with Gasteiger partial charge in [-0.3, -0.25) is 9.59 Å².